The van der Waals surface area contributed by atoms with Gasteiger partial charge in [-0.3, -0.25) is 4.18 Å². The lowest BCUT2D eigenvalue weighted by Crippen LogP contribution is -2.31. The Kier molecular flexibility index (Phi) is 5.74. The molecule has 1 fully saturated rings. The van der Waals surface area contributed by atoms with E-state index in [2.05, 4.69) is 15.9 Å². The van der Waals surface area contributed by atoms with Crippen molar-refractivity contribution in [3.63, 3.8) is 0 Å². The highest BCUT2D eigenvalue weighted by Gasteiger charge is 2.30. The number of hydrogen-bond donors (Lipinski definition) is 0. The number of rotatable bonds is 4. The summed E-state index contributed by atoms with van der Waals surface area (Å²) in [5, 5.41) is 0. The molecular formula is C19H19BrO4S. The molecule has 0 N–H and O–H groups in total. The van der Waals surface area contributed by atoms with Crippen LogP contribution in [0.4, 0.5) is 0 Å². The van der Waals surface area contributed by atoms with Crippen LogP contribution in [0.15, 0.2) is 64.6 Å². The van der Waals surface area contributed by atoms with E-state index in [9.17, 15) is 8.42 Å². The SMILES string of the molecule is CS(=O)(=O)O[C@@H]1CO[C@H](c2ccccc2)/C(=C\c2ccccc2Br)C1. The van der Waals surface area contributed by atoms with Crippen molar-refractivity contribution in [2.24, 2.45) is 0 Å². The lowest BCUT2D eigenvalue weighted by molar-refractivity contribution is -0.0116. The molecule has 1 saturated heterocycles. The lowest BCUT2D eigenvalue weighted by Gasteiger charge is -2.31. The van der Waals surface area contributed by atoms with E-state index < -0.39 is 16.2 Å². The van der Waals surface area contributed by atoms with Gasteiger partial charge < -0.3 is 4.74 Å². The fourth-order valence-corrected chi connectivity index (χ4v) is 3.93. The molecule has 2 atom stereocenters. The van der Waals surface area contributed by atoms with Crippen molar-refractivity contribution in [2.45, 2.75) is 18.6 Å². The van der Waals surface area contributed by atoms with Crippen LogP contribution in [0, 0.1) is 0 Å². The van der Waals surface area contributed by atoms with Crippen LogP contribution < -0.4 is 0 Å². The summed E-state index contributed by atoms with van der Waals surface area (Å²) in [6.07, 6.45) is 2.87. The van der Waals surface area contributed by atoms with Crippen LogP contribution in [-0.4, -0.2) is 27.4 Å². The van der Waals surface area contributed by atoms with Crippen LogP contribution >= 0.6 is 15.9 Å². The molecule has 0 unspecified atom stereocenters. The van der Waals surface area contributed by atoms with Crippen molar-refractivity contribution in [1.82, 2.24) is 0 Å². The van der Waals surface area contributed by atoms with Crippen molar-refractivity contribution in [1.29, 1.82) is 0 Å². The highest BCUT2D eigenvalue weighted by Crippen LogP contribution is 2.36. The minimum absolute atomic E-state index is 0.215. The minimum atomic E-state index is -3.53. The van der Waals surface area contributed by atoms with Crippen molar-refractivity contribution >= 4 is 32.1 Å². The maximum absolute atomic E-state index is 11.5. The fraction of sp³-hybridized carbons (Fsp3) is 0.263. The summed E-state index contributed by atoms with van der Waals surface area (Å²) < 4.78 is 35.0. The van der Waals surface area contributed by atoms with Crippen molar-refractivity contribution < 1.29 is 17.3 Å². The average Bonchev–Trinajstić information content (AvgIpc) is 2.57. The number of benzene rings is 2. The maximum Gasteiger partial charge on any atom is 0.264 e. The molecule has 0 spiro atoms. The Bertz CT molecular complexity index is 862. The molecule has 25 heavy (non-hydrogen) atoms. The third-order valence-electron chi connectivity index (χ3n) is 3.91. The first-order valence-corrected chi connectivity index (χ1v) is 10.5. The first-order valence-electron chi connectivity index (χ1n) is 7.92. The Morgan fingerprint density at radius 1 is 1.12 bits per heavy atom. The molecule has 132 valence electrons. The van der Waals surface area contributed by atoms with Crippen LogP contribution in [0.25, 0.3) is 6.08 Å². The predicted molar refractivity (Wildman–Crippen MR) is 102 cm³/mol. The molecule has 2 aromatic rings. The molecule has 0 aliphatic carbocycles. The van der Waals surface area contributed by atoms with Crippen molar-refractivity contribution in [2.75, 3.05) is 12.9 Å². The molecule has 6 heteroatoms. The zero-order valence-electron chi connectivity index (χ0n) is 13.8. The number of ether oxygens (including phenoxy) is 1. The summed E-state index contributed by atoms with van der Waals surface area (Å²) >= 11 is 3.55. The zero-order chi connectivity index (χ0) is 17.9. The van der Waals surface area contributed by atoms with Gasteiger partial charge in [-0.1, -0.05) is 70.5 Å². The van der Waals surface area contributed by atoms with E-state index in [1.54, 1.807) is 0 Å². The molecule has 1 aliphatic heterocycles. The Labute approximate surface area is 156 Å². The predicted octanol–water partition coefficient (Wildman–Crippen LogP) is 4.34. The van der Waals surface area contributed by atoms with Gasteiger partial charge in [0.2, 0.25) is 0 Å². The Hall–Kier alpha value is -1.47. The van der Waals surface area contributed by atoms with Crippen molar-refractivity contribution in [3.05, 3.63) is 75.8 Å². The van der Waals surface area contributed by atoms with Crippen molar-refractivity contribution in [3.8, 4) is 0 Å². The van der Waals surface area contributed by atoms with Crippen LogP contribution in [0.3, 0.4) is 0 Å². The van der Waals surface area contributed by atoms with Gasteiger partial charge in [-0.25, -0.2) is 0 Å². The Morgan fingerprint density at radius 2 is 1.80 bits per heavy atom. The summed E-state index contributed by atoms with van der Waals surface area (Å²) in [6.45, 7) is 0.236. The van der Waals surface area contributed by atoms with E-state index in [1.807, 2.05) is 60.7 Å². The summed E-state index contributed by atoms with van der Waals surface area (Å²) in [5.41, 5.74) is 3.04. The summed E-state index contributed by atoms with van der Waals surface area (Å²) in [5.74, 6) is 0. The summed E-state index contributed by atoms with van der Waals surface area (Å²) in [7, 11) is -3.53. The second kappa shape index (κ2) is 7.83. The average molecular weight is 423 g/mol. The monoisotopic (exact) mass is 422 g/mol. The van der Waals surface area contributed by atoms with Crippen LogP contribution in [0.5, 0.6) is 0 Å². The van der Waals surface area contributed by atoms with Gasteiger partial charge in [-0.05, 0) is 22.8 Å². The second-order valence-corrected chi connectivity index (χ2v) is 8.45. The van der Waals surface area contributed by atoms with Gasteiger partial charge in [0.15, 0.2) is 0 Å². The van der Waals surface area contributed by atoms with Gasteiger partial charge in [-0.2, -0.15) is 8.42 Å². The maximum atomic E-state index is 11.5. The largest absolute Gasteiger partial charge is 0.366 e. The molecule has 0 radical (unpaired) electrons. The standard InChI is InChI=1S/C19H19BrO4S/c1-25(21,22)24-17-12-16(11-15-9-5-6-10-18(15)20)19(23-13-17)14-7-3-2-4-8-14/h2-11,17,19H,12-13H2,1H3/b16-11-/t17-,19+/m0/s1. The number of hydrogen-bond acceptors (Lipinski definition) is 4. The molecule has 0 saturated carbocycles. The number of halogens is 1. The first kappa shape index (κ1) is 18.3. The van der Waals surface area contributed by atoms with Crippen LogP contribution in [0.1, 0.15) is 23.7 Å². The van der Waals surface area contributed by atoms with Gasteiger partial charge >= 0.3 is 0 Å². The molecule has 0 amide bonds. The zero-order valence-corrected chi connectivity index (χ0v) is 16.2. The topological polar surface area (TPSA) is 52.6 Å². The highest BCUT2D eigenvalue weighted by molar-refractivity contribution is 9.10. The van der Waals surface area contributed by atoms with Crippen LogP contribution in [-0.2, 0) is 19.0 Å². The van der Waals surface area contributed by atoms with Crippen LogP contribution in [0.2, 0.25) is 0 Å². The van der Waals surface area contributed by atoms with Gasteiger partial charge in [0.25, 0.3) is 10.1 Å². The van der Waals surface area contributed by atoms with Gasteiger partial charge in [0.1, 0.15) is 12.2 Å². The summed E-state index contributed by atoms with van der Waals surface area (Å²) in [4.78, 5) is 0. The molecule has 4 nitrogen and oxygen atoms in total. The first-order chi connectivity index (χ1) is 11.9. The second-order valence-electron chi connectivity index (χ2n) is 5.99. The van der Waals surface area contributed by atoms with E-state index in [-0.39, 0.29) is 12.7 Å². The molecule has 3 rings (SSSR count). The molecular weight excluding hydrogens is 404 g/mol. The molecule has 0 bridgehead atoms. The highest BCUT2D eigenvalue weighted by atomic mass is 79.9. The lowest BCUT2D eigenvalue weighted by atomic mass is 9.92. The van der Waals surface area contributed by atoms with Gasteiger partial charge in [0.05, 0.1) is 12.9 Å². The van der Waals surface area contributed by atoms with E-state index in [1.165, 1.54) is 0 Å². The third-order valence-corrected chi connectivity index (χ3v) is 5.25. The normalized spacial score (nSPS) is 22.9. The Morgan fingerprint density at radius 3 is 2.48 bits per heavy atom. The molecule has 1 heterocycles. The smallest absolute Gasteiger partial charge is 0.264 e. The van der Waals surface area contributed by atoms with Gasteiger partial charge in [-0.15, -0.1) is 0 Å². The third kappa shape index (κ3) is 5.01. The Balaban J connectivity index is 1.95. The van der Waals surface area contributed by atoms with E-state index >= 15 is 0 Å². The van der Waals surface area contributed by atoms with E-state index in [0.29, 0.717) is 6.42 Å². The minimum Gasteiger partial charge on any atom is -0.366 e. The molecule has 2 aromatic carbocycles. The summed E-state index contributed by atoms with van der Waals surface area (Å²) in [6, 6.07) is 17.8. The fourth-order valence-electron chi connectivity index (χ4n) is 2.91. The quantitative estimate of drug-likeness (QED) is 0.687. The molecule has 0 aromatic heterocycles. The van der Waals surface area contributed by atoms with E-state index in [0.717, 1.165) is 27.4 Å². The van der Waals surface area contributed by atoms with Gasteiger partial charge in [0, 0.05) is 10.9 Å². The van der Waals surface area contributed by atoms with E-state index in [4.69, 9.17) is 8.92 Å². The molecule has 1 aliphatic rings.